The zero-order chi connectivity index (χ0) is 17.4. The summed E-state index contributed by atoms with van der Waals surface area (Å²) in [5, 5.41) is 10.8. The number of H-pyrrole nitrogens is 1. The van der Waals surface area contributed by atoms with Gasteiger partial charge in [0.25, 0.3) is 0 Å². The van der Waals surface area contributed by atoms with Crippen LogP contribution in [0, 0.1) is 11.3 Å². The first kappa shape index (κ1) is 15.7. The van der Waals surface area contributed by atoms with Crippen molar-refractivity contribution in [1.29, 1.82) is 5.26 Å². The largest absolute Gasteiger partial charge is 0.383 e. The molecule has 5 nitrogen and oxygen atoms in total. The molecule has 4 rings (SSSR count). The Morgan fingerprint density at radius 3 is 3.04 bits per heavy atom. The third kappa shape index (κ3) is 2.65. The lowest BCUT2D eigenvalue weighted by molar-refractivity contribution is 0.253. The highest BCUT2D eigenvalue weighted by atomic mass is 15.1. The standard InChI is InChI=1S/C20H21N5/c1-2-8-25-9-6-18-16(12-25)19(15(11-21)20(22)24-18)14-3-4-17-13(10-14)5-7-23-17/h3-5,7,10,23H,2,6,8-9,12H2,1H3,(H2,22,24). The fourth-order valence-electron chi connectivity index (χ4n) is 3.78. The van der Waals surface area contributed by atoms with Gasteiger partial charge in [-0.15, -0.1) is 0 Å². The van der Waals surface area contributed by atoms with Crippen LogP contribution in [0.15, 0.2) is 30.5 Å². The molecule has 3 N–H and O–H groups in total. The number of nitriles is 1. The number of aromatic amines is 1. The van der Waals surface area contributed by atoms with E-state index >= 15 is 0 Å². The molecule has 0 fully saturated rings. The topological polar surface area (TPSA) is 81.7 Å². The van der Waals surface area contributed by atoms with Crippen LogP contribution in [0.1, 0.15) is 30.2 Å². The van der Waals surface area contributed by atoms with Gasteiger partial charge < -0.3 is 10.7 Å². The number of fused-ring (bicyclic) bond motifs is 2. The molecule has 0 unspecified atom stereocenters. The number of aromatic nitrogens is 2. The van der Waals surface area contributed by atoms with Gasteiger partial charge in [0.15, 0.2) is 0 Å². The molecule has 0 saturated heterocycles. The van der Waals surface area contributed by atoms with Crippen LogP contribution in [0.3, 0.4) is 0 Å². The Labute approximate surface area is 147 Å². The molecule has 0 bridgehead atoms. The number of nitrogen functional groups attached to an aromatic ring is 1. The summed E-state index contributed by atoms with van der Waals surface area (Å²) in [6.07, 6.45) is 3.93. The molecule has 126 valence electrons. The zero-order valence-electron chi connectivity index (χ0n) is 14.3. The van der Waals surface area contributed by atoms with E-state index in [-0.39, 0.29) is 0 Å². The summed E-state index contributed by atoms with van der Waals surface area (Å²) in [7, 11) is 0. The molecular weight excluding hydrogens is 310 g/mol. The number of rotatable bonds is 3. The van der Waals surface area contributed by atoms with Crippen LogP contribution in [0.4, 0.5) is 5.82 Å². The van der Waals surface area contributed by atoms with E-state index in [1.165, 1.54) is 0 Å². The Morgan fingerprint density at radius 1 is 1.36 bits per heavy atom. The second-order valence-electron chi connectivity index (χ2n) is 6.59. The highest BCUT2D eigenvalue weighted by Gasteiger charge is 2.25. The zero-order valence-corrected chi connectivity index (χ0v) is 14.3. The van der Waals surface area contributed by atoms with E-state index in [0.717, 1.165) is 65.8 Å². The lowest BCUT2D eigenvalue weighted by Crippen LogP contribution is -2.32. The van der Waals surface area contributed by atoms with Gasteiger partial charge in [-0.3, -0.25) is 4.90 Å². The summed E-state index contributed by atoms with van der Waals surface area (Å²) in [5.74, 6) is 0.342. The van der Waals surface area contributed by atoms with Gasteiger partial charge in [0.05, 0.1) is 0 Å². The molecule has 1 aliphatic rings. The van der Waals surface area contributed by atoms with Crippen LogP contribution >= 0.6 is 0 Å². The van der Waals surface area contributed by atoms with E-state index in [2.05, 4.69) is 46.1 Å². The minimum Gasteiger partial charge on any atom is -0.383 e. The number of hydrogen-bond donors (Lipinski definition) is 2. The molecule has 0 aliphatic carbocycles. The Hall–Kier alpha value is -2.84. The molecule has 0 saturated carbocycles. The normalized spacial score (nSPS) is 14.4. The quantitative estimate of drug-likeness (QED) is 0.770. The van der Waals surface area contributed by atoms with E-state index in [1.54, 1.807) is 0 Å². The number of pyridine rings is 1. The van der Waals surface area contributed by atoms with Crippen molar-refractivity contribution in [3.8, 4) is 17.2 Å². The van der Waals surface area contributed by atoms with E-state index < -0.39 is 0 Å². The summed E-state index contributed by atoms with van der Waals surface area (Å²) in [6.45, 7) is 5.07. The molecule has 3 heterocycles. The number of nitrogens with one attached hydrogen (secondary N) is 1. The van der Waals surface area contributed by atoms with Gasteiger partial charge in [0, 0.05) is 42.5 Å². The third-order valence-corrected chi connectivity index (χ3v) is 4.95. The SMILES string of the molecule is CCCN1CCc2nc(N)c(C#N)c(-c3ccc4[nH]ccc4c3)c2C1. The lowest BCUT2D eigenvalue weighted by atomic mass is 9.90. The van der Waals surface area contributed by atoms with Crippen molar-refractivity contribution in [3.05, 3.63) is 47.3 Å². The van der Waals surface area contributed by atoms with E-state index in [9.17, 15) is 5.26 Å². The van der Waals surface area contributed by atoms with Crippen molar-refractivity contribution in [3.63, 3.8) is 0 Å². The predicted molar refractivity (Wildman–Crippen MR) is 99.9 cm³/mol. The van der Waals surface area contributed by atoms with Crippen LogP contribution in [0.5, 0.6) is 0 Å². The summed E-state index contributed by atoms with van der Waals surface area (Å²) in [4.78, 5) is 10.2. The van der Waals surface area contributed by atoms with Crippen molar-refractivity contribution >= 4 is 16.7 Å². The van der Waals surface area contributed by atoms with Gasteiger partial charge in [-0.2, -0.15) is 5.26 Å². The Bertz CT molecular complexity index is 980. The van der Waals surface area contributed by atoms with Crippen molar-refractivity contribution in [1.82, 2.24) is 14.9 Å². The fourth-order valence-corrected chi connectivity index (χ4v) is 3.78. The van der Waals surface area contributed by atoms with Crippen LogP contribution in [0.2, 0.25) is 0 Å². The predicted octanol–water partition coefficient (Wildman–Crippen LogP) is 3.45. The van der Waals surface area contributed by atoms with Gasteiger partial charge in [-0.05, 0) is 47.7 Å². The highest BCUT2D eigenvalue weighted by molar-refractivity contribution is 5.88. The van der Waals surface area contributed by atoms with Gasteiger partial charge in [0.1, 0.15) is 17.5 Å². The molecule has 2 aromatic heterocycles. The van der Waals surface area contributed by atoms with Gasteiger partial charge >= 0.3 is 0 Å². The molecule has 1 aromatic carbocycles. The minimum atomic E-state index is 0.342. The molecule has 0 atom stereocenters. The summed E-state index contributed by atoms with van der Waals surface area (Å²) < 4.78 is 0. The Morgan fingerprint density at radius 2 is 2.24 bits per heavy atom. The van der Waals surface area contributed by atoms with Gasteiger partial charge in [-0.25, -0.2) is 4.98 Å². The average molecular weight is 331 g/mol. The summed E-state index contributed by atoms with van der Waals surface area (Å²) in [5.41, 5.74) is 11.9. The van der Waals surface area contributed by atoms with Crippen LogP contribution in [-0.2, 0) is 13.0 Å². The first-order valence-corrected chi connectivity index (χ1v) is 8.72. The second kappa shape index (κ2) is 6.23. The lowest BCUT2D eigenvalue weighted by Gasteiger charge is -2.30. The first-order valence-electron chi connectivity index (χ1n) is 8.72. The van der Waals surface area contributed by atoms with Crippen LogP contribution < -0.4 is 5.73 Å². The maximum absolute atomic E-state index is 9.71. The number of benzene rings is 1. The molecule has 3 aromatic rings. The van der Waals surface area contributed by atoms with E-state index in [4.69, 9.17) is 5.73 Å². The summed E-state index contributed by atoms with van der Waals surface area (Å²) >= 11 is 0. The molecule has 0 radical (unpaired) electrons. The summed E-state index contributed by atoms with van der Waals surface area (Å²) in [6, 6.07) is 10.6. The van der Waals surface area contributed by atoms with Gasteiger partial charge in [-0.1, -0.05) is 13.0 Å². The molecule has 25 heavy (non-hydrogen) atoms. The minimum absolute atomic E-state index is 0.342. The Balaban J connectivity index is 1.93. The number of hydrogen-bond acceptors (Lipinski definition) is 4. The van der Waals surface area contributed by atoms with Crippen molar-refractivity contribution in [2.24, 2.45) is 0 Å². The van der Waals surface area contributed by atoms with Crippen LogP contribution in [-0.4, -0.2) is 28.0 Å². The van der Waals surface area contributed by atoms with Crippen LogP contribution in [0.25, 0.3) is 22.0 Å². The average Bonchev–Trinajstić information content (AvgIpc) is 3.08. The molecule has 0 amide bonds. The second-order valence-corrected chi connectivity index (χ2v) is 6.59. The van der Waals surface area contributed by atoms with E-state index in [1.807, 2.05) is 12.3 Å². The number of anilines is 1. The molecule has 5 heteroatoms. The van der Waals surface area contributed by atoms with Gasteiger partial charge in [0.2, 0.25) is 0 Å². The molecular formula is C20H21N5. The van der Waals surface area contributed by atoms with Crippen molar-refractivity contribution in [2.45, 2.75) is 26.3 Å². The smallest absolute Gasteiger partial charge is 0.142 e. The monoisotopic (exact) mass is 331 g/mol. The van der Waals surface area contributed by atoms with Crippen molar-refractivity contribution in [2.75, 3.05) is 18.8 Å². The fraction of sp³-hybridized carbons (Fsp3) is 0.300. The first-order chi connectivity index (χ1) is 12.2. The maximum Gasteiger partial charge on any atom is 0.142 e. The highest BCUT2D eigenvalue weighted by Crippen LogP contribution is 2.36. The third-order valence-electron chi connectivity index (χ3n) is 4.95. The van der Waals surface area contributed by atoms with Crippen molar-refractivity contribution < 1.29 is 0 Å². The Kier molecular flexibility index (Phi) is 3.90. The van der Waals surface area contributed by atoms with E-state index in [0.29, 0.717) is 11.4 Å². The maximum atomic E-state index is 9.71. The number of nitrogens with zero attached hydrogens (tertiary/aromatic N) is 3. The molecule has 1 aliphatic heterocycles. The molecule has 0 spiro atoms. The number of nitrogens with two attached hydrogens (primary N) is 1.